The molecule has 1 aromatic heterocycles. The summed E-state index contributed by atoms with van der Waals surface area (Å²) in [5, 5.41) is 19.2. The van der Waals surface area contributed by atoms with Crippen molar-refractivity contribution in [3.05, 3.63) is 54.0 Å². The van der Waals surface area contributed by atoms with E-state index >= 15 is 0 Å². The first-order valence-corrected chi connectivity index (χ1v) is 9.97. The molecule has 2 fully saturated rings. The van der Waals surface area contributed by atoms with Crippen LogP contribution in [-0.2, 0) is 0 Å². The van der Waals surface area contributed by atoms with E-state index in [-0.39, 0.29) is 12.5 Å². The van der Waals surface area contributed by atoms with Crippen LogP contribution < -0.4 is 4.74 Å². The smallest absolute Gasteiger partial charge is 0.289 e. The number of piperidine rings is 2. The Hall–Kier alpha value is -2.82. The average Bonchev–Trinajstić information content (AvgIpc) is 3.26. The van der Waals surface area contributed by atoms with E-state index in [0.29, 0.717) is 35.5 Å². The van der Waals surface area contributed by atoms with Crippen LogP contribution in [-0.4, -0.2) is 66.2 Å². The Bertz CT molecular complexity index is 845. The third-order valence-corrected chi connectivity index (χ3v) is 5.57. The molecule has 3 heterocycles. The Labute approximate surface area is 170 Å². The van der Waals surface area contributed by atoms with Gasteiger partial charge in [-0.1, -0.05) is 0 Å². The number of hydrogen-bond donors (Lipinski definition) is 1. The summed E-state index contributed by atoms with van der Waals surface area (Å²) in [6, 6.07) is 12.4. The summed E-state index contributed by atoms with van der Waals surface area (Å²) in [6.45, 7) is 3.95. The summed E-state index contributed by atoms with van der Waals surface area (Å²) in [5.74, 6) is 1.83. The Morgan fingerprint density at radius 1 is 1.21 bits per heavy atom. The number of hydrogen-bond acceptors (Lipinski definition) is 6. The molecule has 0 radical (unpaired) electrons. The van der Waals surface area contributed by atoms with E-state index in [9.17, 15) is 9.90 Å². The minimum atomic E-state index is -0.592. The second kappa shape index (κ2) is 8.68. The van der Waals surface area contributed by atoms with Gasteiger partial charge in [-0.15, -0.1) is 0 Å². The Balaban J connectivity index is 1.25. The Morgan fingerprint density at radius 3 is 2.55 bits per heavy atom. The number of carbonyl (C=O) groups is 1. The van der Waals surface area contributed by atoms with Gasteiger partial charge in [-0.2, -0.15) is 5.26 Å². The molecule has 2 aliphatic rings. The number of aliphatic hydroxyl groups is 1. The molecular formula is C22H25N3O4. The lowest BCUT2D eigenvalue weighted by atomic mass is 9.84. The lowest BCUT2D eigenvalue weighted by Crippen LogP contribution is -2.55. The van der Waals surface area contributed by atoms with E-state index in [2.05, 4.69) is 11.0 Å². The summed E-state index contributed by atoms with van der Waals surface area (Å²) in [4.78, 5) is 16.7. The van der Waals surface area contributed by atoms with Crippen molar-refractivity contribution in [2.75, 3.05) is 39.3 Å². The largest absolute Gasteiger partial charge is 0.491 e. The van der Waals surface area contributed by atoms with Gasteiger partial charge in [-0.05, 0) is 54.7 Å². The normalized spacial score (nSPS) is 22.7. The summed E-state index contributed by atoms with van der Waals surface area (Å²) >= 11 is 0. The molecule has 0 aliphatic carbocycles. The van der Waals surface area contributed by atoms with Crippen molar-refractivity contribution in [1.82, 2.24) is 9.80 Å². The maximum atomic E-state index is 12.6. The van der Waals surface area contributed by atoms with E-state index in [1.54, 1.807) is 36.4 Å². The third kappa shape index (κ3) is 4.78. The summed E-state index contributed by atoms with van der Waals surface area (Å²) in [6.07, 6.45) is 2.06. The minimum Gasteiger partial charge on any atom is -0.491 e. The lowest BCUT2D eigenvalue weighted by Gasteiger charge is -2.46. The standard InChI is InChI=1S/C22H25N3O4/c23-9-16-3-5-20(6-4-16)29-15-19(26)14-24-10-17-8-18(11-24)13-25(12-17)22(27)21-2-1-7-28-21/h1-7,17-19,26H,8,10-15H2. The van der Waals surface area contributed by atoms with Crippen LogP contribution in [0.5, 0.6) is 5.75 Å². The fraction of sp³-hybridized carbons (Fsp3) is 0.455. The number of likely N-dealkylation sites (tertiary alicyclic amines) is 2. The highest BCUT2D eigenvalue weighted by Gasteiger charge is 2.37. The zero-order chi connectivity index (χ0) is 20.2. The number of furan rings is 1. The summed E-state index contributed by atoms with van der Waals surface area (Å²) in [5.41, 5.74) is 0.581. The topological polar surface area (TPSA) is 89.9 Å². The van der Waals surface area contributed by atoms with Crippen molar-refractivity contribution in [2.45, 2.75) is 12.5 Å². The van der Waals surface area contributed by atoms with Gasteiger partial charge in [0.15, 0.2) is 5.76 Å². The highest BCUT2D eigenvalue weighted by Crippen LogP contribution is 2.29. The number of β-amino-alcohol motifs (C(OH)–C–C–N with tert-alkyl or cyclic N) is 1. The molecule has 7 nitrogen and oxygen atoms in total. The van der Waals surface area contributed by atoms with Gasteiger partial charge in [0.25, 0.3) is 5.91 Å². The number of nitriles is 1. The fourth-order valence-corrected chi connectivity index (χ4v) is 4.43. The second-order valence-electron chi connectivity index (χ2n) is 7.97. The van der Waals surface area contributed by atoms with Crippen molar-refractivity contribution in [3.63, 3.8) is 0 Å². The quantitative estimate of drug-likeness (QED) is 0.805. The van der Waals surface area contributed by atoms with Crippen molar-refractivity contribution in [3.8, 4) is 11.8 Å². The van der Waals surface area contributed by atoms with Gasteiger partial charge in [0.2, 0.25) is 0 Å². The molecule has 0 spiro atoms. The van der Waals surface area contributed by atoms with Gasteiger partial charge >= 0.3 is 0 Å². The molecule has 1 N–H and O–H groups in total. The number of aliphatic hydroxyl groups excluding tert-OH is 1. The molecule has 0 saturated carbocycles. The molecule has 3 atom stereocenters. The predicted octanol–water partition coefficient (Wildman–Crippen LogP) is 1.99. The number of carbonyl (C=O) groups excluding carboxylic acids is 1. The van der Waals surface area contributed by atoms with Gasteiger partial charge in [0, 0.05) is 32.7 Å². The summed E-state index contributed by atoms with van der Waals surface area (Å²) in [7, 11) is 0. The SMILES string of the molecule is N#Cc1ccc(OCC(O)CN2CC3CC(C2)CN(C(=O)c2ccco2)C3)cc1. The molecule has 2 aromatic rings. The Morgan fingerprint density at radius 2 is 1.93 bits per heavy atom. The number of nitrogens with zero attached hydrogens (tertiary/aromatic N) is 3. The number of ether oxygens (including phenoxy) is 1. The van der Waals surface area contributed by atoms with Crippen molar-refractivity contribution in [2.24, 2.45) is 11.8 Å². The van der Waals surface area contributed by atoms with Gasteiger partial charge in [0.1, 0.15) is 18.5 Å². The van der Waals surface area contributed by atoms with Crippen LogP contribution in [0.1, 0.15) is 22.5 Å². The third-order valence-electron chi connectivity index (χ3n) is 5.57. The Kier molecular flexibility index (Phi) is 5.84. The van der Waals surface area contributed by atoms with Crippen LogP contribution in [0.25, 0.3) is 0 Å². The number of fused-ring (bicyclic) bond motifs is 2. The van der Waals surface area contributed by atoms with E-state index < -0.39 is 6.10 Å². The van der Waals surface area contributed by atoms with Crippen LogP contribution in [0, 0.1) is 23.2 Å². The first-order chi connectivity index (χ1) is 14.1. The van der Waals surface area contributed by atoms with Gasteiger partial charge in [-0.25, -0.2) is 0 Å². The van der Waals surface area contributed by atoms with Crippen molar-refractivity contribution < 1.29 is 19.1 Å². The van der Waals surface area contributed by atoms with Crippen LogP contribution in [0.4, 0.5) is 0 Å². The average molecular weight is 395 g/mol. The zero-order valence-electron chi connectivity index (χ0n) is 16.2. The molecule has 152 valence electrons. The van der Waals surface area contributed by atoms with Crippen LogP contribution >= 0.6 is 0 Å². The number of amides is 1. The minimum absolute atomic E-state index is 0.0333. The zero-order valence-corrected chi connectivity index (χ0v) is 16.2. The first kappa shape index (κ1) is 19.5. The number of benzene rings is 1. The molecule has 1 amide bonds. The maximum Gasteiger partial charge on any atom is 0.289 e. The molecule has 7 heteroatoms. The molecule has 1 aromatic carbocycles. The van der Waals surface area contributed by atoms with E-state index in [4.69, 9.17) is 14.4 Å². The molecule has 2 aliphatic heterocycles. The molecule has 2 bridgehead atoms. The molecular weight excluding hydrogens is 370 g/mol. The molecule has 4 rings (SSSR count). The maximum absolute atomic E-state index is 12.6. The second-order valence-corrected chi connectivity index (χ2v) is 7.97. The number of rotatable bonds is 6. The summed E-state index contributed by atoms with van der Waals surface area (Å²) < 4.78 is 10.9. The van der Waals surface area contributed by atoms with Crippen LogP contribution in [0.2, 0.25) is 0 Å². The fourth-order valence-electron chi connectivity index (χ4n) is 4.43. The van der Waals surface area contributed by atoms with Crippen LogP contribution in [0.15, 0.2) is 47.1 Å². The van der Waals surface area contributed by atoms with Gasteiger partial charge in [-0.3, -0.25) is 9.69 Å². The van der Waals surface area contributed by atoms with Crippen molar-refractivity contribution in [1.29, 1.82) is 5.26 Å². The highest BCUT2D eigenvalue weighted by atomic mass is 16.5. The van der Waals surface area contributed by atoms with E-state index in [1.807, 2.05) is 4.90 Å². The molecule has 29 heavy (non-hydrogen) atoms. The van der Waals surface area contributed by atoms with Gasteiger partial charge in [0.05, 0.1) is 17.9 Å². The van der Waals surface area contributed by atoms with Crippen molar-refractivity contribution >= 4 is 5.91 Å². The monoisotopic (exact) mass is 395 g/mol. The van der Waals surface area contributed by atoms with Crippen LogP contribution in [0.3, 0.4) is 0 Å². The van der Waals surface area contributed by atoms with Gasteiger partial charge < -0.3 is 19.2 Å². The first-order valence-electron chi connectivity index (χ1n) is 9.97. The molecule has 3 unspecified atom stereocenters. The molecule has 2 saturated heterocycles. The predicted molar refractivity (Wildman–Crippen MR) is 105 cm³/mol. The van der Waals surface area contributed by atoms with E-state index in [0.717, 1.165) is 32.6 Å². The van der Waals surface area contributed by atoms with E-state index in [1.165, 1.54) is 6.26 Å². The highest BCUT2D eigenvalue weighted by molar-refractivity contribution is 5.91. The lowest BCUT2D eigenvalue weighted by molar-refractivity contribution is 0.00121.